The Kier molecular flexibility index (Phi) is 38.1. The number of piperidine rings is 4. The van der Waals surface area contributed by atoms with Crippen LogP contribution in [-0.2, 0) is 16.0 Å². The summed E-state index contributed by atoms with van der Waals surface area (Å²) in [6.45, 7) is 35.8. The molecule has 0 aliphatic carbocycles. The molecular formula is C102H129Cl4F7N28O4. The molecule has 4 aromatic carbocycles. The number of nitrogens with zero attached hydrogens (tertiary/aromatic N) is 16. The number of aromatic nitrogens is 16. The Morgan fingerprint density at radius 1 is 0.400 bits per heavy atom. The number of nitrogens with one attached hydrogen (secondary N) is 12. The molecule has 0 radical (unpaired) electrons. The number of anilines is 14. The van der Waals surface area contributed by atoms with E-state index in [1.807, 2.05) is 86.6 Å². The summed E-state index contributed by atoms with van der Waals surface area (Å²) in [5.41, 5.74) is 19.5. The van der Waals surface area contributed by atoms with Gasteiger partial charge in [0.1, 0.15) is 37.5 Å². The SMILES string of the molecule is CCC(=O)C(CC)N1CCC(c2cc(C)c(Nc3ncc(Cl)c(Nc4cc(C)[nH]n4)n3)cc2C)CC1.CCNC(=O)C(CC)N1CCC(c2cc(C)c(Cc3ncc(Cl)c(Nc4cc(C)[nH]n4)n3)cc2C)CC1.Cc1cc(Nc2nc(Nc3cc(C)c(C4CCN(CC(O)C(F)(F)F)CC4)cc3C)ncc2Cl)n[nH]1.Cc1cc(Nc2nc(Nc3cc(C)c(C4CCN(CC(O)C(F)(F)F)CC4)cc3F)ncc2Cl)n[nH]1. The summed E-state index contributed by atoms with van der Waals surface area (Å²) in [5.74, 6) is 7.16. The number of aliphatic hydroxyl groups is 2. The number of hydrogen-bond acceptors (Lipinski definition) is 27. The summed E-state index contributed by atoms with van der Waals surface area (Å²) in [5, 5.41) is 73.1. The van der Waals surface area contributed by atoms with Crippen LogP contribution in [-0.4, -0.2) is 231 Å². The van der Waals surface area contributed by atoms with Crippen LogP contribution < -0.4 is 42.5 Å². The van der Waals surface area contributed by atoms with E-state index in [2.05, 4.69) is 205 Å². The Hall–Kier alpha value is -11.8. The largest absolute Gasteiger partial charge is 0.415 e. The molecule has 8 aromatic heterocycles. The van der Waals surface area contributed by atoms with E-state index in [0.29, 0.717) is 155 Å². The van der Waals surface area contributed by atoms with Gasteiger partial charge in [0.05, 0.1) is 42.6 Å². The van der Waals surface area contributed by atoms with Crippen molar-refractivity contribution in [3.63, 3.8) is 0 Å². The van der Waals surface area contributed by atoms with Crippen LogP contribution in [0, 0.1) is 82.0 Å². The molecule has 1 amide bonds. The molecular weight excluding hydrogens is 1960 g/mol. The number of likely N-dealkylation sites (N-methyl/N-ethyl adjacent to an activating group) is 1. The smallest absolute Gasteiger partial charge is 0.382 e. The lowest BCUT2D eigenvalue weighted by atomic mass is 9.84. The van der Waals surface area contributed by atoms with Gasteiger partial charge < -0.3 is 62.5 Å². The molecule has 32 nitrogen and oxygen atoms in total. The number of likely N-dealkylation sites (tertiary alicyclic amines) is 4. The van der Waals surface area contributed by atoms with Crippen LogP contribution >= 0.6 is 46.4 Å². The van der Waals surface area contributed by atoms with Crippen molar-refractivity contribution in [1.29, 1.82) is 0 Å². The van der Waals surface area contributed by atoms with Crippen LogP contribution in [0.2, 0.25) is 20.1 Å². The van der Waals surface area contributed by atoms with Crippen molar-refractivity contribution < 1.29 is 50.5 Å². The number of benzene rings is 4. The fourth-order valence-corrected chi connectivity index (χ4v) is 19.6. The number of Topliss-reactive ketones (excluding diaryl/α,β-unsaturated/α-hetero) is 1. The number of carbonyl (C=O) groups is 2. The number of rotatable bonds is 32. The Labute approximate surface area is 859 Å². The molecule has 43 heteroatoms. The molecule has 14 N–H and O–H groups in total. The number of carbonyl (C=O) groups excluding carboxylic acids is 2. The number of hydrogen-bond donors (Lipinski definition) is 14. The number of halogens is 11. The first-order chi connectivity index (χ1) is 69.0. The number of aliphatic hydroxyl groups excluding tert-OH is 2. The first-order valence-electron chi connectivity index (χ1n) is 49.0. The predicted molar refractivity (Wildman–Crippen MR) is 556 cm³/mol. The molecule has 12 heterocycles. The van der Waals surface area contributed by atoms with E-state index in [9.17, 15) is 46.1 Å². The highest BCUT2D eigenvalue weighted by Gasteiger charge is 2.42. The molecule has 778 valence electrons. The average Bonchev–Trinajstić information content (AvgIpc) is 0.841. The minimum Gasteiger partial charge on any atom is -0.382 e. The number of amides is 1. The van der Waals surface area contributed by atoms with E-state index < -0.39 is 36.9 Å². The summed E-state index contributed by atoms with van der Waals surface area (Å²) in [6, 6.07) is 23.8. The zero-order chi connectivity index (χ0) is 104. The summed E-state index contributed by atoms with van der Waals surface area (Å²) < 4.78 is 90.9. The van der Waals surface area contributed by atoms with Gasteiger partial charge >= 0.3 is 12.4 Å². The van der Waals surface area contributed by atoms with Crippen molar-refractivity contribution in [1.82, 2.24) is 106 Å². The number of β-amino-alcohol motifs (C(OH)–C–C–N with tert-alkyl or cyclic N) is 2. The van der Waals surface area contributed by atoms with Gasteiger partial charge in [0.25, 0.3) is 0 Å². The Bertz CT molecular complexity index is 6200. The summed E-state index contributed by atoms with van der Waals surface area (Å²) in [6.07, 6.45) is 2.08. The molecule has 4 unspecified atom stereocenters. The molecule has 4 saturated heterocycles. The van der Waals surface area contributed by atoms with Crippen LogP contribution in [0.5, 0.6) is 0 Å². The molecule has 145 heavy (non-hydrogen) atoms. The molecule has 12 aromatic rings. The van der Waals surface area contributed by atoms with Crippen LogP contribution in [0.3, 0.4) is 0 Å². The summed E-state index contributed by atoms with van der Waals surface area (Å²) >= 11 is 25.1. The number of H-pyrrole nitrogens is 4. The van der Waals surface area contributed by atoms with E-state index >= 15 is 4.39 Å². The average molecular weight is 2090 g/mol. The van der Waals surface area contributed by atoms with Crippen molar-refractivity contribution in [2.75, 3.05) is 109 Å². The second-order valence-corrected chi connectivity index (χ2v) is 39.4. The molecule has 4 atom stereocenters. The monoisotopic (exact) mass is 2080 g/mol. The van der Waals surface area contributed by atoms with Crippen molar-refractivity contribution in [3.8, 4) is 0 Å². The molecule has 16 rings (SSSR count). The van der Waals surface area contributed by atoms with Gasteiger partial charge in [-0.25, -0.2) is 29.3 Å². The fourth-order valence-electron chi connectivity index (χ4n) is 19.1. The summed E-state index contributed by atoms with van der Waals surface area (Å²) in [4.78, 5) is 68.1. The number of ketones is 1. The van der Waals surface area contributed by atoms with Crippen molar-refractivity contribution in [2.45, 2.75) is 241 Å². The van der Waals surface area contributed by atoms with Crippen molar-refractivity contribution in [2.24, 2.45) is 0 Å². The van der Waals surface area contributed by atoms with Crippen molar-refractivity contribution in [3.05, 3.63) is 219 Å². The van der Waals surface area contributed by atoms with Gasteiger partial charge in [-0.1, -0.05) is 91.4 Å². The number of aryl methyl sites for hydroxylation is 11. The van der Waals surface area contributed by atoms with Crippen LogP contribution in [0.4, 0.5) is 112 Å². The maximum absolute atomic E-state index is 15.0. The van der Waals surface area contributed by atoms with E-state index in [0.717, 1.165) is 140 Å². The lowest BCUT2D eigenvalue weighted by Gasteiger charge is -2.37. The van der Waals surface area contributed by atoms with Gasteiger partial charge in [-0.2, -0.15) is 61.7 Å². The maximum atomic E-state index is 15.0. The highest BCUT2D eigenvalue weighted by molar-refractivity contribution is 6.34. The van der Waals surface area contributed by atoms with Crippen LogP contribution in [0.15, 0.2) is 97.6 Å². The normalized spacial score (nSPS) is 15.9. The molecule has 0 saturated carbocycles. The minimum absolute atomic E-state index is 0.00715. The zero-order valence-electron chi connectivity index (χ0n) is 84.1. The van der Waals surface area contributed by atoms with E-state index in [-0.39, 0.29) is 53.0 Å². The van der Waals surface area contributed by atoms with Gasteiger partial charge in [0.15, 0.2) is 58.8 Å². The third-order valence-corrected chi connectivity index (χ3v) is 28.0. The Morgan fingerprint density at radius 3 is 1.06 bits per heavy atom. The van der Waals surface area contributed by atoms with Gasteiger partial charge in [-0.3, -0.25) is 39.8 Å². The van der Waals surface area contributed by atoms with Gasteiger partial charge in [0.2, 0.25) is 23.8 Å². The molecule has 4 aliphatic heterocycles. The lowest BCUT2D eigenvalue weighted by molar-refractivity contribution is -0.209. The van der Waals surface area contributed by atoms with Crippen LogP contribution in [0.25, 0.3) is 0 Å². The Morgan fingerprint density at radius 2 is 0.717 bits per heavy atom. The van der Waals surface area contributed by atoms with Gasteiger partial charge in [0, 0.05) is 90.9 Å². The quantitative estimate of drug-likeness (QED) is 0.0174. The van der Waals surface area contributed by atoms with Gasteiger partial charge in [-0.15, -0.1) is 0 Å². The third-order valence-electron chi connectivity index (χ3n) is 26.9. The van der Waals surface area contributed by atoms with Crippen molar-refractivity contribution >= 4 is 140 Å². The standard InChI is InChI=1S/C28H38ClN7O.C27H36ClN7O.C24H29ClF3N7O.C23H26ClF4N7O/c1-6-24(28(37)30-7-2)36-10-8-20(9-11-36)22-13-17(3)21(12-18(22)4)15-25-31-16-23(29)27(32-25)33-26-14-19(5)34-35-26;1-6-23(24(36)7-2)35-10-8-19(9-11-35)20-12-17(4)22(13-16(20)3)30-27-29-15-21(28)26(32-27)31-25-14-18(5)33-34-25;1-13-9-19(30-23-29-11-18(25)22(32-23)31-21-10-15(3)33-34-21)14(2)8-17(13)16-4-6-35(7-5-16)12-20(36)24(26,27)28;1-12-7-18(30-22-29-10-16(24)21(32-22)31-20-8-13(2)33-34-20)17(25)9-15(12)14-3-5-35(6-4-14)11-19(36)23(26,27)28/h12-14,16,20,24H,6-11,15H2,1-5H3,(H,30,37)(H2,31,32,33,34,35);12-15,19,23H,6-11H2,1-5H3,(H3,29,30,31,32,33,34);8-11,16,20,36H,4-7,12H2,1-3H3,(H3,29,30,31,32,33,34);7-10,14,19,36H,3-6,11H2,1-2H3,(H3,29,30,31,32,33,34). The molecule has 4 aliphatic rings. The molecule has 0 bridgehead atoms. The first kappa shape index (κ1) is 110. The zero-order valence-corrected chi connectivity index (χ0v) is 87.2. The highest BCUT2D eigenvalue weighted by atomic mass is 35.5. The van der Waals surface area contributed by atoms with Gasteiger partial charge in [-0.05, 0) is 314 Å². The number of aromatic amines is 4. The van der Waals surface area contributed by atoms with E-state index in [4.69, 9.17) is 46.4 Å². The maximum Gasteiger partial charge on any atom is 0.415 e. The molecule has 0 spiro atoms. The Balaban J connectivity index is 0.000000162. The number of alkyl halides is 6. The fraction of sp³-hybridized carbons (Fsp3) is 0.471. The van der Waals surface area contributed by atoms with E-state index in [1.165, 1.54) is 57.4 Å². The third kappa shape index (κ3) is 30.0. The highest BCUT2D eigenvalue weighted by Crippen LogP contribution is 2.42. The topological polar surface area (TPSA) is 402 Å². The lowest BCUT2D eigenvalue weighted by Crippen LogP contribution is -2.49. The summed E-state index contributed by atoms with van der Waals surface area (Å²) in [7, 11) is 0. The van der Waals surface area contributed by atoms with Crippen LogP contribution in [0.1, 0.15) is 217 Å². The molecule has 4 fully saturated rings. The second kappa shape index (κ2) is 50.1. The minimum atomic E-state index is -4.64. The second-order valence-electron chi connectivity index (χ2n) is 37.8. The predicted octanol–water partition coefficient (Wildman–Crippen LogP) is 22.0. The van der Waals surface area contributed by atoms with E-state index in [1.54, 1.807) is 34.3 Å². The first-order valence-corrected chi connectivity index (χ1v) is 50.5.